The van der Waals surface area contributed by atoms with Crippen molar-refractivity contribution in [1.82, 2.24) is 5.32 Å². The fourth-order valence-corrected chi connectivity index (χ4v) is 7.41. The molecule has 53 heavy (non-hydrogen) atoms. The lowest BCUT2D eigenvalue weighted by Crippen LogP contribution is -2.38. The number of nitrogens with one attached hydrogen (secondary N) is 2. The first-order valence-corrected chi connectivity index (χ1v) is 18.7. The van der Waals surface area contributed by atoms with Crippen LogP contribution >= 0.6 is 11.8 Å². The monoisotopic (exact) mass is 722 g/mol. The Labute approximate surface area is 315 Å². The second-order valence-electron chi connectivity index (χ2n) is 13.0. The number of hydrogen-bond donors (Lipinski definition) is 3. The molecule has 0 aliphatic carbocycles. The second kappa shape index (κ2) is 17.4. The third kappa shape index (κ3) is 9.54. The standard InChI is InChI=1S/C45H42N2O5S/c1-31-42(30-53-41-16-6-3-7-17-41)51-44(52-43(31)34-20-18-32(29-48)19-21-34)37-13-9-12-36(27-37)35-11-8-10-33(26-35)28-46-45(49)47-38-22-24-40(25-23-38)50-39-14-4-2-5-15-39/h2-27,31,42-44,48H,28-30H2,1H3,(H2,46,47,49)/t31-,42+,43+,44+/m0/s1. The second-order valence-corrected chi connectivity index (χ2v) is 14.1. The van der Waals surface area contributed by atoms with Gasteiger partial charge in [0.25, 0.3) is 0 Å². The van der Waals surface area contributed by atoms with E-state index in [1.807, 2.05) is 109 Å². The molecule has 0 bridgehead atoms. The SMILES string of the molecule is C[C@H]1[C@@H](CSc2ccccc2)O[C@@H](c2cccc(-c3cccc(CNC(=O)Nc4ccc(Oc5ccccc5)cc4)c3)c2)O[C@H]1c1ccc(CO)cc1. The van der Waals surface area contributed by atoms with Crippen molar-refractivity contribution in [3.05, 3.63) is 180 Å². The maximum Gasteiger partial charge on any atom is 0.319 e. The van der Waals surface area contributed by atoms with E-state index >= 15 is 0 Å². The number of amides is 2. The molecule has 8 heteroatoms. The van der Waals surface area contributed by atoms with Crippen molar-refractivity contribution in [1.29, 1.82) is 0 Å². The van der Waals surface area contributed by atoms with Crippen LogP contribution in [0.25, 0.3) is 11.1 Å². The van der Waals surface area contributed by atoms with Gasteiger partial charge in [0.2, 0.25) is 0 Å². The Bertz CT molecular complexity index is 2080. The van der Waals surface area contributed by atoms with Crippen molar-refractivity contribution in [2.24, 2.45) is 5.92 Å². The minimum absolute atomic E-state index is 0.00116. The van der Waals surface area contributed by atoms with E-state index in [0.717, 1.165) is 44.9 Å². The molecule has 2 amide bonds. The highest BCUT2D eigenvalue weighted by atomic mass is 32.2. The summed E-state index contributed by atoms with van der Waals surface area (Å²) in [7, 11) is 0. The van der Waals surface area contributed by atoms with E-state index in [-0.39, 0.29) is 30.8 Å². The zero-order valence-electron chi connectivity index (χ0n) is 29.4. The highest BCUT2D eigenvalue weighted by molar-refractivity contribution is 7.99. The van der Waals surface area contributed by atoms with Gasteiger partial charge in [0.05, 0.1) is 18.8 Å². The van der Waals surface area contributed by atoms with Crippen LogP contribution in [0.3, 0.4) is 0 Å². The number of aliphatic hydroxyl groups is 1. The van der Waals surface area contributed by atoms with Gasteiger partial charge in [0, 0.05) is 34.4 Å². The average Bonchev–Trinajstić information content (AvgIpc) is 3.21. The number of urea groups is 1. The Morgan fingerprint density at radius 2 is 1.38 bits per heavy atom. The first-order chi connectivity index (χ1) is 26.0. The predicted octanol–water partition coefficient (Wildman–Crippen LogP) is 10.5. The van der Waals surface area contributed by atoms with Gasteiger partial charge in [-0.2, -0.15) is 0 Å². The zero-order valence-corrected chi connectivity index (χ0v) is 30.2. The first-order valence-electron chi connectivity index (χ1n) is 17.8. The molecule has 6 aromatic carbocycles. The summed E-state index contributed by atoms with van der Waals surface area (Å²) in [5.41, 5.74) is 6.55. The van der Waals surface area contributed by atoms with Crippen LogP contribution in [0.4, 0.5) is 10.5 Å². The minimum atomic E-state index is -0.567. The van der Waals surface area contributed by atoms with Crippen molar-refractivity contribution in [3.63, 3.8) is 0 Å². The number of anilines is 1. The Kier molecular flexibility index (Phi) is 11.8. The molecule has 7 nitrogen and oxygen atoms in total. The Morgan fingerprint density at radius 3 is 2.11 bits per heavy atom. The van der Waals surface area contributed by atoms with Gasteiger partial charge in [0.1, 0.15) is 11.5 Å². The molecular formula is C45H42N2O5S. The van der Waals surface area contributed by atoms with Crippen LogP contribution in [0.2, 0.25) is 0 Å². The smallest absolute Gasteiger partial charge is 0.319 e. The minimum Gasteiger partial charge on any atom is -0.457 e. The normalized spacial score (nSPS) is 18.2. The third-order valence-electron chi connectivity index (χ3n) is 9.24. The third-order valence-corrected chi connectivity index (χ3v) is 10.3. The van der Waals surface area contributed by atoms with Crippen LogP contribution in [0.5, 0.6) is 11.5 Å². The molecule has 1 saturated heterocycles. The molecular weight excluding hydrogens is 681 g/mol. The van der Waals surface area contributed by atoms with E-state index in [4.69, 9.17) is 14.2 Å². The van der Waals surface area contributed by atoms with Crippen molar-refractivity contribution in [2.75, 3.05) is 11.1 Å². The van der Waals surface area contributed by atoms with Gasteiger partial charge in [-0.25, -0.2) is 4.79 Å². The summed E-state index contributed by atoms with van der Waals surface area (Å²) in [5, 5.41) is 15.5. The van der Waals surface area contributed by atoms with Crippen molar-refractivity contribution in [2.45, 2.75) is 43.5 Å². The number of rotatable bonds is 12. The number of ether oxygens (including phenoxy) is 3. The fourth-order valence-electron chi connectivity index (χ4n) is 6.32. The largest absolute Gasteiger partial charge is 0.457 e. The van der Waals surface area contributed by atoms with Crippen molar-refractivity contribution < 1.29 is 24.1 Å². The summed E-state index contributed by atoms with van der Waals surface area (Å²) in [4.78, 5) is 14.0. The van der Waals surface area contributed by atoms with Gasteiger partial charge in [-0.05, 0) is 88.5 Å². The topological polar surface area (TPSA) is 89.1 Å². The van der Waals surface area contributed by atoms with Crippen LogP contribution < -0.4 is 15.4 Å². The van der Waals surface area contributed by atoms with Gasteiger partial charge < -0.3 is 30.0 Å². The zero-order chi connectivity index (χ0) is 36.4. The van der Waals surface area contributed by atoms with Crippen LogP contribution in [0.15, 0.2) is 163 Å². The van der Waals surface area contributed by atoms with Crippen LogP contribution in [0.1, 0.15) is 41.6 Å². The fraction of sp³-hybridized carbons (Fsp3) is 0.178. The lowest BCUT2D eigenvalue weighted by Gasteiger charge is -2.41. The number of para-hydroxylation sites is 1. The highest BCUT2D eigenvalue weighted by Crippen LogP contribution is 2.43. The first kappa shape index (κ1) is 36.0. The molecule has 0 unspecified atom stereocenters. The molecule has 0 spiro atoms. The molecule has 268 valence electrons. The molecule has 3 N–H and O–H groups in total. The molecule has 1 aliphatic heterocycles. The molecule has 1 fully saturated rings. The molecule has 4 atom stereocenters. The van der Waals surface area contributed by atoms with Gasteiger partial charge in [-0.1, -0.05) is 104 Å². The molecule has 0 saturated carbocycles. The van der Waals surface area contributed by atoms with E-state index in [1.54, 1.807) is 11.8 Å². The summed E-state index contributed by atoms with van der Waals surface area (Å²) in [5.74, 6) is 2.32. The molecule has 6 aromatic rings. The van der Waals surface area contributed by atoms with E-state index in [1.165, 1.54) is 4.90 Å². The molecule has 1 heterocycles. The molecule has 1 aliphatic rings. The molecule has 7 rings (SSSR count). The van der Waals surface area contributed by atoms with E-state index in [9.17, 15) is 9.90 Å². The number of benzene rings is 6. The molecule has 0 aromatic heterocycles. The Morgan fingerprint density at radius 1 is 0.698 bits per heavy atom. The summed E-state index contributed by atoms with van der Waals surface area (Å²) in [6.45, 7) is 2.55. The maximum absolute atomic E-state index is 12.8. The van der Waals surface area contributed by atoms with Gasteiger partial charge in [-0.15, -0.1) is 11.8 Å². The number of hydrogen-bond acceptors (Lipinski definition) is 6. The van der Waals surface area contributed by atoms with Crippen LogP contribution in [-0.2, 0) is 22.6 Å². The summed E-state index contributed by atoms with van der Waals surface area (Å²) < 4.78 is 19.3. The summed E-state index contributed by atoms with van der Waals surface area (Å²) in [6.07, 6.45) is -0.818. The number of carbonyl (C=O) groups excluding carboxylic acids is 1. The summed E-state index contributed by atoms with van der Waals surface area (Å²) >= 11 is 1.79. The van der Waals surface area contributed by atoms with Crippen LogP contribution in [-0.4, -0.2) is 23.0 Å². The lowest BCUT2D eigenvalue weighted by atomic mass is 9.91. The van der Waals surface area contributed by atoms with Crippen LogP contribution in [0, 0.1) is 5.92 Å². The maximum atomic E-state index is 12.8. The Hall–Kier alpha value is -5.38. The van der Waals surface area contributed by atoms with Gasteiger partial charge in [-0.3, -0.25) is 0 Å². The Balaban J connectivity index is 1.01. The van der Waals surface area contributed by atoms with E-state index in [0.29, 0.717) is 18.0 Å². The van der Waals surface area contributed by atoms with Crippen molar-refractivity contribution >= 4 is 23.5 Å². The lowest BCUT2D eigenvalue weighted by molar-refractivity contribution is -0.268. The van der Waals surface area contributed by atoms with E-state index in [2.05, 4.69) is 66.1 Å². The number of aliphatic hydroxyl groups excluding tert-OH is 1. The number of thioether (sulfide) groups is 1. The van der Waals surface area contributed by atoms with E-state index < -0.39 is 6.29 Å². The number of carbonyl (C=O) groups is 1. The highest BCUT2D eigenvalue weighted by Gasteiger charge is 2.38. The van der Waals surface area contributed by atoms with Gasteiger partial charge in [0.15, 0.2) is 6.29 Å². The predicted molar refractivity (Wildman–Crippen MR) is 211 cm³/mol. The molecule has 0 radical (unpaired) electrons. The van der Waals surface area contributed by atoms with Gasteiger partial charge >= 0.3 is 6.03 Å². The summed E-state index contributed by atoms with van der Waals surface area (Å²) in [6, 6.07) is 51.4. The quantitative estimate of drug-likeness (QED) is 0.109. The average molecular weight is 723 g/mol. The van der Waals surface area contributed by atoms with Crippen molar-refractivity contribution in [3.8, 4) is 22.6 Å².